The first-order valence-electron chi connectivity index (χ1n) is 9.67. The van der Waals surface area contributed by atoms with Crippen molar-refractivity contribution in [1.29, 1.82) is 0 Å². The summed E-state index contributed by atoms with van der Waals surface area (Å²) in [5.74, 6) is -0.0481. The van der Waals surface area contributed by atoms with Crippen molar-refractivity contribution >= 4 is 23.3 Å². The lowest BCUT2D eigenvalue weighted by molar-refractivity contribution is 0.0996. The van der Waals surface area contributed by atoms with Crippen LogP contribution in [0.2, 0.25) is 0 Å². The fourth-order valence-corrected chi connectivity index (χ4v) is 3.41. The van der Waals surface area contributed by atoms with E-state index in [0.717, 1.165) is 24.2 Å². The van der Waals surface area contributed by atoms with Gasteiger partial charge in [-0.15, -0.1) is 0 Å². The molecule has 1 fully saturated rings. The monoisotopic (exact) mass is 389 g/mol. The summed E-state index contributed by atoms with van der Waals surface area (Å²) in [6.45, 7) is 4.09. The van der Waals surface area contributed by atoms with Crippen molar-refractivity contribution in [3.8, 4) is 0 Å². The van der Waals surface area contributed by atoms with Crippen molar-refractivity contribution < 1.29 is 14.0 Å². The minimum atomic E-state index is -0.305. The van der Waals surface area contributed by atoms with E-state index in [1.807, 2.05) is 17.0 Å². The maximum Gasteiger partial charge on any atom is 0.324 e. The minimum absolute atomic E-state index is 0.00389. The molecule has 0 unspecified atom stereocenters. The molecule has 1 aliphatic heterocycles. The molecule has 0 atom stereocenters. The number of aryl methyl sites for hydroxylation is 1. The zero-order chi connectivity index (χ0) is 20.2. The number of hydrogen-bond donors (Lipinski definition) is 1. The van der Waals surface area contributed by atoms with Gasteiger partial charge in [-0.25, -0.2) is 4.79 Å². The third kappa shape index (κ3) is 4.32. The van der Waals surface area contributed by atoms with E-state index in [-0.39, 0.29) is 17.7 Å². The molecule has 3 amide bonds. The SMILES string of the molecule is Cc1ccc(CN2CCCN(c3ccc(NC(=O)c4ccco4)cc3)C2=O)cc1. The average molecular weight is 389 g/mol. The first-order chi connectivity index (χ1) is 14.1. The zero-order valence-electron chi connectivity index (χ0n) is 16.3. The summed E-state index contributed by atoms with van der Waals surface area (Å²) in [5, 5.41) is 2.79. The molecule has 1 saturated heterocycles. The second-order valence-electron chi connectivity index (χ2n) is 7.17. The van der Waals surface area contributed by atoms with Crippen molar-refractivity contribution in [2.75, 3.05) is 23.3 Å². The fourth-order valence-electron chi connectivity index (χ4n) is 3.41. The van der Waals surface area contributed by atoms with Crippen LogP contribution in [0.15, 0.2) is 71.3 Å². The van der Waals surface area contributed by atoms with E-state index in [2.05, 4.69) is 36.5 Å². The van der Waals surface area contributed by atoms with Gasteiger partial charge in [0.15, 0.2) is 5.76 Å². The number of carbonyl (C=O) groups excluding carboxylic acids is 2. The smallest absolute Gasteiger partial charge is 0.324 e. The van der Waals surface area contributed by atoms with Crippen LogP contribution in [0.25, 0.3) is 0 Å². The van der Waals surface area contributed by atoms with Crippen LogP contribution in [-0.4, -0.2) is 29.9 Å². The molecule has 2 aromatic carbocycles. The van der Waals surface area contributed by atoms with Crippen molar-refractivity contribution in [3.63, 3.8) is 0 Å². The molecule has 1 aliphatic rings. The molecule has 0 spiro atoms. The lowest BCUT2D eigenvalue weighted by Gasteiger charge is -2.35. The number of anilines is 2. The molecule has 2 heterocycles. The van der Waals surface area contributed by atoms with Crippen LogP contribution < -0.4 is 10.2 Å². The highest BCUT2D eigenvalue weighted by Crippen LogP contribution is 2.23. The third-order valence-corrected chi connectivity index (χ3v) is 4.99. The van der Waals surface area contributed by atoms with Gasteiger partial charge in [-0.1, -0.05) is 29.8 Å². The van der Waals surface area contributed by atoms with Gasteiger partial charge in [-0.2, -0.15) is 0 Å². The molecule has 148 valence electrons. The van der Waals surface area contributed by atoms with Crippen LogP contribution in [0.3, 0.4) is 0 Å². The number of amides is 3. The van der Waals surface area contributed by atoms with Crippen molar-refractivity contribution in [1.82, 2.24) is 4.90 Å². The van der Waals surface area contributed by atoms with Gasteiger partial charge in [0.1, 0.15) is 0 Å². The van der Waals surface area contributed by atoms with Crippen LogP contribution in [0.5, 0.6) is 0 Å². The molecule has 1 N–H and O–H groups in total. The predicted octanol–water partition coefficient (Wildman–Crippen LogP) is 4.67. The van der Waals surface area contributed by atoms with Gasteiger partial charge in [0.2, 0.25) is 0 Å². The van der Waals surface area contributed by atoms with Gasteiger partial charge in [-0.3, -0.25) is 9.69 Å². The van der Waals surface area contributed by atoms with Gasteiger partial charge in [-0.05, 0) is 55.3 Å². The quantitative estimate of drug-likeness (QED) is 0.689. The Morgan fingerprint density at radius 3 is 2.48 bits per heavy atom. The van der Waals surface area contributed by atoms with Crippen LogP contribution in [0.4, 0.5) is 16.2 Å². The number of nitrogens with zero attached hydrogens (tertiary/aromatic N) is 2. The Balaban J connectivity index is 1.42. The molecular weight excluding hydrogens is 366 g/mol. The van der Waals surface area contributed by atoms with E-state index in [1.54, 1.807) is 29.2 Å². The second kappa shape index (κ2) is 8.22. The topological polar surface area (TPSA) is 65.8 Å². The van der Waals surface area contributed by atoms with Crippen molar-refractivity contribution in [2.45, 2.75) is 19.9 Å². The molecule has 0 aliphatic carbocycles. The number of carbonyl (C=O) groups is 2. The number of nitrogens with one attached hydrogen (secondary N) is 1. The van der Waals surface area contributed by atoms with E-state index in [0.29, 0.717) is 18.8 Å². The van der Waals surface area contributed by atoms with Gasteiger partial charge < -0.3 is 14.6 Å². The highest BCUT2D eigenvalue weighted by atomic mass is 16.3. The van der Waals surface area contributed by atoms with E-state index < -0.39 is 0 Å². The van der Waals surface area contributed by atoms with Gasteiger partial charge in [0.05, 0.1) is 6.26 Å². The highest BCUT2D eigenvalue weighted by molar-refractivity contribution is 6.02. The minimum Gasteiger partial charge on any atom is -0.459 e. The molecule has 3 aromatic rings. The van der Waals surface area contributed by atoms with E-state index in [1.165, 1.54) is 11.8 Å². The molecule has 0 saturated carbocycles. The van der Waals surface area contributed by atoms with Crippen LogP contribution in [0, 0.1) is 6.92 Å². The molecule has 6 nitrogen and oxygen atoms in total. The van der Waals surface area contributed by atoms with Crippen molar-refractivity contribution in [2.24, 2.45) is 0 Å². The maximum atomic E-state index is 13.0. The van der Waals surface area contributed by atoms with E-state index >= 15 is 0 Å². The standard InChI is InChI=1S/C23H23N3O3/c1-17-5-7-18(8-6-17)16-25-13-3-14-26(23(25)28)20-11-9-19(10-12-20)24-22(27)21-4-2-15-29-21/h2,4-12,15H,3,13-14,16H2,1H3,(H,24,27). The molecule has 0 radical (unpaired) electrons. The highest BCUT2D eigenvalue weighted by Gasteiger charge is 2.26. The van der Waals surface area contributed by atoms with Gasteiger partial charge in [0.25, 0.3) is 5.91 Å². The van der Waals surface area contributed by atoms with Gasteiger partial charge >= 0.3 is 6.03 Å². The Labute approximate surface area is 169 Å². The first-order valence-corrected chi connectivity index (χ1v) is 9.67. The third-order valence-electron chi connectivity index (χ3n) is 4.99. The lowest BCUT2D eigenvalue weighted by atomic mass is 10.1. The average Bonchev–Trinajstić information content (AvgIpc) is 3.27. The summed E-state index contributed by atoms with van der Waals surface area (Å²) in [4.78, 5) is 28.7. The molecule has 4 rings (SSSR count). The molecular formula is C23H23N3O3. The van der Waals surface area contributed by atoms with Gasteiger partial charge in [0, 0.05) is 31.0 Å². The van der Waals surface area contributed by atoms with Crippen molar-refractivity contribution in [3.05, 3.63) is 83.8 Å². The Kier molecular flexibility index (Phi) is 5.33. The molecule has 6 heteroatoms. The van der Waals surface area contributed by atoms with Crippen LogP contribution in [-0.2, 0) is 6.54 Å². The summed E-state index contributed by atoms with van der Waals surface area (Å²) >= 11 is 0. The summed E-state index contributed by atoms with van der Waals surface area (Å²) in [7, 11) is 0. The second-order valence-corrected chi connectivity index (χ2v) is 7.17. The lowest BCUT2D eigenvalue weighted by Crippen LogP contribution is -2.49. The first kappa shape index (κ1) is 18.8. The fraction of sp³-hybridized carbons (Fsp3) is 0.217. The van der Waals surface area contributed by atoms with E-state index in [4.69, 9.17) is 4.42 Å². The maximum absolute atomic E-state index is 13.0. The Morgan fingerprint density at radius 2 is 1.79 bits per heavy atom. The van der Waals surface area contributed by atoms with Crippen LogP contribution >= 0.6 is 0 Å². The van der Waals surface area contributed by atoms with Crippen LogP contribution in [0.1, 0.15) is 28.1 Å². The molecule has 0 bridgehead atoms. The predicted molar refractivity (Wildman–Crippen MR) is 112 cm³/mol. The number of urea groups is 1. The molecule has 1 aromatic heterocycles. The summed E-state index contributed by atoms with van der Waals surface area (Å²) in [6, 6.07) is 18.8. The Bertz CT molecular complexity index is 979. The normalized spacial score (nSPS) is 14.2. The number of furan rings is 1. The number of hydrogen-bond acceptors (Lipinski definition) is 3. The Hall–Kier alpha value is -3.54. The van der Waals surface area contributed by atoms with E-state index in [9.17, 15) is 9.59 Å². The summed E-state index contributed by atoms with van der Waals surface area (Å²) in [6.07, 6.45) is 2.37. The largest absolute Gasteiger partial charge is 0.459 e. The zero-order valence-corrected chi connectivity index (χ0v) is 16.3. The molecule has 29 heavy (non-hydrogen) atoms. The Morgan fingerprint density at radius 1 is 1.03 bits per heavy atom. The number of rotatable bonds is 5. The number of benzene rings is 2. The summed E-state index contributed by atoms with van der Waals surface area (Å²) < 4.78 is 5.10. The summed E-state index contributed by atoms with van der Waals surface area (Å²) in [5.41, 5.74) is 3.80.